The normalized spacial score (nSPS) is 22.8. The minimum Gasteiger partial charge on any atom is -0.331 e. The van der Waals surface area contributed by atoms with Gasteiger partial charge in [-0.05, 0) is 50.2 Å². The summed E-state index contributed by atoms with van der Waals surface area (Å²) in [5, 5.41) is 3.94. The molecule has 3 rings (SSSR count). The minimum atomic E-state index is 0.0538. The molecule has 0 aliphatic carbocycles. The third-order valence-electron chi connectivity index (χ3n) is 4.32. The van der Waals surface area contributed by atoms with Crippen molar-refractivity contribution in [2.24, 2.45) is 0 Å². The van der Waals surface area contributed by atoms with Gasteiger partial charge in [0.1, 0.15) is 0 Å². The van der Waals surface area contributed by atoms with E-state index < -0.39 is 0 Å². The van der Waals surface area contributed by atoms with Gasteiger partial charge in [0, 0.05) is 35.3 Å². The molecule has 6 heteroatoms. The molecule has 1 unspecified atom stereocenters. The van der Waals surface area contributed by atoms with Gasteiger partial charge in [-0.3, -0.25) is 0 Å². The van der Waals surface area contributed by atoms with Crippen LogP contribution in [0, 0.1) is 0 Å². The number of nitrogens with zero attached hydrogens (tertiary/aromatic N) is 2. The zero-order valence-electron chi connectivity index (χ0n) is 12.8. The van der Waals surface area contributed by atoms with Crippen molar-refractivity contribution in [2.45, 2.75) is 23.8 Å². The topological polar surface area (TPSA) is 35.6 Å². The molecular weight excluding hydrogens is 318 g/mol. The van der Waals surface area contributed by atoms with Gasteiger partial charge in [-0.1, -0.05) is 11.6 Å². The number of thioether (sulfide) groups is 1. The number of carbonyl (C=O) groups is 1. The van der Waals surface area contributed by atoms with E-state index in [9.17, 15) is 4.79 Å². The van der Waals surface area contributed by atoms with E-state index >= 15 is 0 Å². The van der Waals surface area contributed by atoms with Crippen LogP contribution < -0.4 is 5.32 Å². The number of benzene rings is 1. The number of carbonyl (C=O) groups excluding carboxylic acids is 1. The highest BCUT2D eigenvalue weighted by Crippen LogP contribution is 2.37. The monoisotopic (exact) mass is 339 g/mol. The number of hydrogen-bond donors (Lipinski definition) is 1. The van der Waals surface area contributed by atoms with Gasteiger partial charge in [-0.15, -0.1) is 11.8 Å². The maximum Gasteiger partial charge on any atom is 0.317 e. The maximum absolute atomic E-state index is 12.6. The number of rotatable bonds is 1. The Morgan fingerprint density at radius 2 is 2.18 bits per heavy atom. The molecule has 1 N–H and O–H groups in total. The average Bonchev–Trinajstić information content (AvgIpc) is 2.72. The first kappa shape index (κ1) is 16.0. The molecule has 1 fully saturated rings. The SMILES string of the molecule is CN1CCCN(C(=O)NC2CCSc3ccc(Cl)cc32)CC1. The van der Waals surface area contributed by atoms with Gasteiger partial charge in [0.05, 0.1) is 6.04 Å². The predicted octanol–water partition coefficient (Wildman–Crippen LogP) is 3.22. The lowest BCUT2D eigenvalue weighted by Crippen LogP contribution is -2.43. The van der Waals surface area contributed by atoms with Crippen molar-refractivity contribution >= 4 is 29.4 Å². The van der Waals surface area contributed by atoms with E-state index in [1.807, 2.05) is 28.8 Å². The summed E-state index contributed by atoms with van der Waals surface area (Å²) in [7, 11) is 2.11. The lowest BCUT2D eigenvalue weighted by Gasteiger charge is -2.29. The highest BCUT2D eigenvalue weighted by atomic mass is 35.5. The molecule has 4 nitrogen and oxygen atoms in total. The number of urea groups is 1. The molecule has 0 saturated carbocycles. The average molecular weight is 340 g/mol. The van der Waals surface area contributed by atoms with Crippen LogP contribution in [0.1, 0.15) is 24.4 Å². The van der Waals surface area contributed by atoms with Gasteiger partial charge in [0.2, 0.25) is 0 Å². The third kappa shape index (κ3) is 3.70. The van der Waals surface area contributed by atoms with E-state index in [1.54, 1.807) is 0 Å². The number of nitrogens with one attached hydrogen (secondary N) is 1. The van der Waals surface area contributed by atoms with E-state index in [1.165, 1.54) is 4.90 Å². The fourth-order valence-electron chi connectivity index (χ4n) is 3.01. The van der Waals surface area contributed by atoms with Crippen molar-refractivity contribution in [2.75, 3.05) is 39.0 Å². The fraction of sp³-hybridized carbons (Fsp3) is 0.562. The van der Waals surface area contributed by atoms with Crippen molar-refractivity contribution < 1.29 is 4.79 Å². The largest absolute Gasteiger partial charge is 0.331 e. The first-order valence-electron chi connectivity index (χ1n) is 7.80. The van der Waals surface area contributed by atoms with Gasteiger partial charge >= 0.3 is 6.03 Å². The van der Waals surface area contributed by atoms with Crippen LogP contribution in [0.2, 0.25) is 5.02 Å². The second-order valence-electron chi connectivity index (χ2n) is 5.97. The molecule has 0 aromatic heterocycles. The number of likely N-dealkylation sites (N-methyl/N-ethyl adjacent to an activating group) is 1. The van der Waals surface area contributed by atoms with Crippen LogP contribution >= 0.6 is 23.4 Å². The Balaban J connectivity index is 1.68. The van der Waals surface area contributed by atoms with Crippen molar-refractivity contribution in [1.29, 1.82) is 0 Å². The minimum absolute atomic E-state index is 0.0538. The van der Waals surface area contributed by atoms with Crippen LogP contribution in [0.25, 0.3) is 0 Å². The highest BCUT2D eigenvalue weighted by Gasteiger charge is 2.25. The molecule has 0 spiro atoms. The van der Waals surface area contributed by atoms with E-state index in [4.69, 9.17) is 11.6 Å². The standard InChI is InChI=1S/C16H22ClN3OS/c1-19-6-2-7-20(9-8-19)16(21)18-14-5-10-22-15-4-3-12(17)11-13(14)15/h3-4,11,14H,2,5-10H2,1H3,(H,18,21). The molecule has 1 aromatic rings. The van der Waals surface area contributed by atoms with Gasteiger partial charge in [-0.2, -0.15) is 0 Å². The van der Waals surface area contributed by atoms with Crippen molar-refractivity contribution in [3.05, 3.63) is 28.8 Å². The molecule has 2 heterocycles. The molecule has 2 aliphatic heterocycles. The molecule has 0 bridgehead atoms. The quantitative estimate of drug-likeness (QED) is 0.853. The fourth-order valence-corrected chi connectivity index (χ4v) is 4.29. The Morgan fingerprint density at radius 1 is 1.32 bits per heavy atom. The lowest BCUT2D eigenvalue weighted by molar-refractivity contribution is 0.195. The number of fused-ring (bicyclic) bond motifs is 1. The molecule has 2 aliphatic rings. The molecule has 1 atom stereocenters. The molecule has 1 saturated heterocycles. The van der Waals surface area contributed by atoms with Gasteiger partial charge in [-0.25, -0.2) is 4.79 Å². The summed E-state index contributed by atoms with van der Waals surface area (Å²) in [6.07, 6.45) is 1.99. The summed E-state index contributed by atoms with van der Waals surface area (Å²) in [6.45, 7) is 3.63. The van der Waals surface area contributed by atoms with Crippen LogP contribution in [-0.2, 0) is 0 Å². The van der Waals surface area contributed by atoms with Gasteiger partial charge in [0.25, 0.3) is 0 Å². The Morgan fingerprint density at radius 3 is 3.05 bits per heavy atom. The van der Waals surface area contributed by atoms with Crippen molar-refractivity contribution in [3.63, 3.8) is 0 Å². The summed E-state index contributed by atoms with van der Waals surface area (Å²) in [5.74, 6) is 1.03. The smallest absolute Gasteiger partial charge is 0.317 e. The molecule has 0 radical (unpaired) electrons. The van der Waals surface area contributed by atoms with Crippen LogP contribution in [0.3, 0.4) is 0 Å². The predicted molar refractivity (Wildman–Crippen MR) is 91.8 cm³/mol. The lowest BCUT2D eigenvalue weighted by atomic mass is 10.0. The van der Waals surface area contributed by atoms with Crippen LogP contribution in [-0.4, -0.2) is 54.8 Å². The van der Waals surface area contributed by atoms with E-state index in [-0.39, 0.29) is 12.1 Å². The molecule has 22 heavy (non-hydrogen) atoms. The van der Waals surface area contributed by atoms with Crippen molar-refractivity contribution in [3.8, 4) is 0 Å². The first-order valence-corrected chi connectivity index (χ1v) is 9.16. The summed E-state index contributed by atoms with van der Waals surface area (Å²) in [5.41, 5.74) is 1.16. The summed E-state index contributed by atoms with van der Waals surface area (Å²) in [6, 6.07) is 6.09. The second-order valence-corrected chi connectivity index (χ2v) is 7.54. The second kappa shape index (κ2) is 7.11. The van der Waals surface area contributed by atoms with E-state index in [0.29, 0.717) is 0 Å². The van der Waals surface area contributed by atoms with Gasteiger partial charge in [0.15, 0.2) is 0 Å². The Labute approximate surface area is 141 Å². The zero-order valence-corrected chi connectivity index (χ0v) is 14.4. The Hall–Kier alpha value is -0.910. The number of amides is 2. The van der Waals surface area contributed by atoms with Crippen LogP contribution in [0.15, 0.2) is 23.1 Å². The maximum atomic E-state index is 12.6. The van der Waals surface area contributed by atoms with Crippen LogP contribution in [0.4, 0.5) is 4.79 Å². The molecule has 1 aromatic carbocycles. The van der Waals surface area contributed by atoms with E-state index in [2.05, 4.69) is 23.3 Å². The Kier molecular flexibility index (Phi) is 5.16. The van der Waals surface area contributed by atoms with Crippen molar-refractivity contribution in [1.82, 2.24) is 15.1 Å². The number of halogens is 1. The summed E-state index contributed by atoms with van der Waals surface area (Å²) < 4.78 is 0. The molecule has 120 valence electrons. The summed E-state index contributed by atoms with van der Waals surface area (Å²) in [4.78, 5) is 18.0. The highest BCUT2D eigenvalue weighted by molar-refractivity contribution is 7.99. The summed E-state index contributed by atoms with van der Waals surface area (Å²) >= 11 is 7.96. The zero-order chi connectivity index (χ0) is 15.5. The van der Waals surface area contributed by atoms with Gasteiger partial charge < -0.3 is 15.1 Å². The number of hydrogen-bond acceptors (Lipinski definition) is 3. The molecule has 2 amide bonds. The third-order valence-corrected chi connectivity index (χ3v) is 5.67. The van der Waals surface area contributed by atoms with Crippen LogP contribution in [0.5, 0.6) is 0 Å². The molecular formula is C16H22ClN3OS. The Bertz CT molecular complexity index is 554. The first-order chi connectivity index (χ1) is 10.6. The van der Waals surface area contributed by atoms with E-state index in [0.717, 1.165) is 55.4 Å².